The number of carbonyl (C=O) groups excluding carboxylic acids is 2. The first-order valence-corrected chi connectivity index (χ1v) is 7.85. The Balaban J connectivity index is 1.78. The average molecular weight is 325 g/mol. The first-order chi connectivity index (χ1) is 10.5. The van der Waals surface area contributed by atoms with Gasteiger partial charge in [-0.1, -0.05) is 18.5 Å². The summed E-state index contributed by atoms with van der Waals surface area (Å²) in [5, 5.41) is 3.28. The van der Waals surface area contributed by atoms with Crippen molar-refractivity contribution in [2.75, 3.05) is 12.3 Å². The van der Waals surface area contributed by atoms with Crippen LogP contribution in [0.3, 0.4) is 0 Å². The quantitative estimate of drug-likeness (QED) is 0.659. The Morgan fingerprint density at radius 3 is 2.64 bits per heavy atom. The highest BCUT2D eigenvalue weighted by molar-refractivity contribution is 6.33. The van der Waals surface area contributed by atoms with Crippen molar-refractivity contribution in [1.82, 2.24) is 5.32 Å². The summed E-state index contributed by atoms with van der Waals surface area (Å²) < 4.78 is 5.00. The highest BCUT2D eigenvalue weighted by atomic mass is 35.5. The van der Waals surface area contributed by atoms with Crippen LogP contribution in [-0.2, 0) is 9.53 Å². The molecule has 22 heavy (non-hydrogen) atoms. The van der Waals surface area contributed by atoms with Crippen LogP contribution in [0.5, 0.6) is 0 Å². The molecule has 6 heteroatoms. The fourth-order valence-corrected chi connectivity index (χ4v) is 2.68. The summed E-state index contributed by atoms with van der Waals surface area (Å²) >= 11 is 5.79. The molecule has 0 radical (unpaired) electrons. The molecule has 0 aromatic heterocycles. The number of benzene rings is 1. The van der Waals surface area contributed by atoms with Gasteiger partial charge in [0.25, 0.3) is 5.91 Å². The van der Waals surface area contributed by atoms with Gasteiger partial charge < -0.3 is 15.8 Å². The lowest BCUT2D eigenvalue weighted by Gasteiger charge is -2.26. The number of nitrogens with two attached hydrogens (primary N) is 1. The first kappa shape index (κ1) is 16.6. The minimum absolute atomic E-state index is 0.188. The van der Waals surface area contributed by atoms with Crippen LogP contribution >= 0.6 is 11.6 Å². The minimum Gasteiger partial charge on any atom is -0.452 e. The zero-order valence-electron chi connectivity index (χ0n) is 12.6. The van der Waals surface area contributed by atoms with E-state index in [0.717, 1.165) is 31.6 Å². The third kappa shape index (κ3) is 4.63. The van der Waals surface area contributed by atoms with Gasteiger partial charge >= 0.3 is 5.97 Å². The summed E-state index contributed by atoms with van der Waals surface area (Å²) in [4.78, 5) is 23.7. The van der Waals surface area contributed by atoms with Crippen LogP contribution in [0.4, 0.5) is 5.69 Å². The molecule has 5 nitrogen and oxygen atoms in total. The van der Waals surface area contributed by atoms with E-state index >= 15 is 0 Å². The zero-order valence-corrected chi connectivity index (χ0v) is 13.4. The molecule has 1 aliphatic carbocycles. The van der Waals surface area contributed by atoms with E-state index in [-0.39, 0.29) is 24.1 Å². The number of ether oxygens (including phenoxy) is 1. The number of anilines is 1. The van der Waals surface area contributed by atoms with Crippen LogP contribution in [0.25, 0.3) is 0 Å². The highest BCUT2D eigenvalue weighted by Gasteiger charge is 2.20. The maximum Gasteiger partial charge on any atom is 0.338 e. The minimum atomic E-state index is -0.587. The van der Waals surface area contributed by atoms with Gasteiger partial charge in [0.05, 0.1) is 16.3 Å². The molecule has 0 unspecified atom stereocenters. The summed E-state index contributed by atoms with van der Waals surface area (Å²) in [5.74, 6) is -0.132. The van der Waals surface area contributed by atoms with Gasteiger partial charge in [0.15, 0.2) is 6.61 Å². The van der Waals surface area contributed by atoms with E-state index in [4.69, 9.17) is 22.1 Å². The van der Waals surface area contributed by atoms with Gasteiger partial charge in [-0.05, 0) is 49.8 Å². The van der Waals surface area contributed by atoms with Gasteiger partial charge in [-0.25, -0.2) is 4.79 Å². The molecule has 1 amide bonds. The lowest BCUT2D eigenvalue weighted by Crippen LogP contribution is -2.39. The molecule has 0 heterocycles. The molecule has 120 valence electrons. The first-order valence-electron chi connectivity index (χ1n) is 7.47. The predicted octanol–water partition coefficient (Wildman–Crippen LogP) is 2.77. The lowest BCUT2D eigenvalue weighted by atomic mass is 9.87. The smallest absolute Gasteiger partial charge is 0.338 e. The Hall–Kier alpha value is -1.75. The largest absolute Gasteiger partial charge is 0.452 e. The third-order valence-electron chi connectivity index (χ3n) is 3.95. The van der Waals surface area contributed by atoms with Crippen molar-refractivity contribution < 1.29 is 14.3 Å². The van der Waals surface area contributed by atoms with E-state index in [1.165, 1.54) is 18.2 Å². The molecule has 1 fully saturated rings. The second-order valence-corrected chi connectivity index (χ2v) is 6.24. The number of esters is 1. The molecular formula is C16H21ClN2O3. The topological polar surface area (TPSA) is 81.4 Å². The maximum absolute atomic E-state index is 11.8. The normalized spacial score (nSPS) is 21.2. The highest BCUT2D eigenvalue weighted by Crippen LogP contribution is 2.23. The van der Waals surface area contributed by atoms with E-state index in [1.54, 1.807) is 0 Å². The second-order valence-electron chi connectivity index (χ2n) is 5.84. The van der Waals surface area contributed by atoms with E-state index in [9.17, 15) is 9.59 Å². The molecular weight excluding hydrogens is 304 g/mol. The van der Waals surface area contributed by atoms with Gasteiger partial charge in [0.1, 0.15) is 0 Å². The summed E-state index contributed by atoms with van der Waals surface area (Å²) in [7, 11) is 0. The zero-order chi connectivity index (χ0) is 16.1. The molecule has 1 aromatic carbocycles. The molecule has 0 saturated heterocycles. The fourth-order valence-electron chi connectivity index (χ4n) is 2.56. The Labute approximate surface area is 135 Å². The van der Waals surface area contributed by atoms with Gasteiger partial charge in [-0.3, -0.25) is 4.79 Å². The molecule has 0 atom stereocenters. The van der Waals surface area contributed by atoms with E-state index in [0.29, 0.717) is 10.7 Å². The van der Waals surface area contributed by atoms with Gasteiger partial charge in [0, 0.05) is 6.04 Å². The molecule has 3 N–H and O–H groups in total. The molecule has 1 saturated carbocycles. The fraction of sp³-hybridized carbons (Fsp3) is 0.500. The summed E-state index contributed by atoms with van der Waals surface area (Å²) in [6, 6.07) is 4.66. The number of rotatable bonds is 4. The van der Waals surface area contributed by atoms with Gasteiger partial charge in [-0.15, -0.1) is 0 Å². The third-order valence-corrected chi connectivity index (χ3v) is 4.29. The molecule has 1 aliphatic rings. The number of hydrogen-bond donors (Lipinski definition) is 2. The van der Waals surface area contributed by atoms with E-state index in [2.05, 4.69) is 12.2 Å². The number of amides is 1. The molecule has 1 aromatic rings. The Morgan fingerprint density at radius 2 is 2.00 bits per heavy atom. The van der Waals surface area contributed by atoms with Crippen LogP contribution in [0.2, 0.25) is 5.02 Å². The standard InChI is InChI=1S/C16H21ClN2O3/c1-10-2-5-12(6-3-10)19-15(20)9-22-16(21)11-4-7-13(17)14(18)8-11/h4,7-8,10,12H,2-3,5-6,9,18H2,1H3,(H,19,20). The van der Waals surface area contributed by atoms with E-state index in [1.807, 2.05) is 0 Å². The summed E-state index contributed by atoms with van der Waals surface area (Å²) in [6.45, 7) is 1.94. The number of halogens is 1. The van der Waals surface area contributed by atoms with Crippen molar-refractivity contribution in [3.05, 3.63) is 28.8 Å². The van der Waals surface area contributed by atoms with E-state index < -0.39 is 5.97 Å². The van der Waals surface area contributed by atoms with Crippen LogP contribution in [0.15, 0.2) is 18.2 Å². The predicted molar refractivity (Wildman–Crippen MR) is 85.7 cm³/mol. The van der Waals surface area contributed by atoms with Crippen LogP contribution < -0.4 is 11.1 Å². The monoisotopic (exact) mass is 324 g/mol. The van der Waals surface area contributed by atoms with Crippen molar-refractivity contribution in [3.63, 3.8) is 0 Å². The van der Waals surface area contributed by atoms with Gasteiger partial charge in [-0.2, -0.15) is 0 Å². The lowest BCUT2D eigenvalue weighted by molar-refractivity contribution is -0.125. The number of carbonyl (C=O) groups is 2. The molecule has 0 aliphatic heterocycles. The average Bonchev–Trinajstić information content (AvgIpc) is 2.50. The molecule has 0 spiro atoms. The van der Waals surface area contributed by atoms with Crippen molar-refractivity contribution in [2.45, 2.75) is 38.6 Å². The number of hydrogen-bond acceptors (Lipinski definition) is 4. The Morgan fingerprint density at radius 1 is 1.32 bits per heavy atom. The summed E-state index contributed by atoms with van der Waals surface area (Å²) in [6.07, 6.45) is 4.20. The Bertz CT molecular complexity index is 554. The van der Waals surface area contributed by atoms with Crippen molar-refractivity contribution in [1.29, 1.82) is 0 Å². The van der Waals surface area contributed by atoms with Gasteiger partial charge in [0.2, 0.25) is 0 Å². The maximum atomic E-state index is 11.8. The number of nitrogen functional groups attached to an aromatic ring is 1. The second kappa shape index (κ2) is 7.49. The number of nitrogens with one attached hydrogen (secondary N) is 1. The van der Waals surface area contributed by atoms with Crippen molar-refractivity contribution in [2.24, 2.45) is 5.92 Å². The van der Waals surface area contributed by atoms with Crippen molar-refractivity contribution in [3.8, 4) is 0 Å². The van der Waals surface area contributed by atoms with Crippen LogP contribution in [-0.4, -0.2) is 24.5 Å². The SMILES string of the molecule is CC1CCC(NC(=O)COC(=O)c2ccc(Cl)c(N)c2)CC1. The van der Waals surface area contributed by atoms with Crippen LogP contribution in [0, 0.1) is 5.92 Å². The Kier molecular flexibility index (Phi) is 5.66. The molecule has 0 bridgehead atoms. The van der Waals surface area contributed by atoms with Crippen LogP contribution in [0.1, 0.15) is 43.0 Å². The summed E-state index contributed by atoms with van der Waals surface area (Å²) in [5.41, 5.74) is 6.21. The molecule has 2 rings (SSSR count). The van der Waals surface area contributed by atoms with Crippen molar-refractivity contribution >= 4 is 29.2 Å².